The van der Waals surface area contributed by atoms with E-state index < -0.39 is 0 Å². The summed E-state index contributed by atoms with van der Waals surface area (Å²) in [6.07, 6.45) is 0.224. The maximum Gasteiger partial charge on any atom is 0.162 e. The Kier molecular flexibility index (Phi) is 4.91. The van der Waals surface area contributed by atoms with Crippen LogP contribution in [0.3, 0.4) is 0 Å². The first-order valence-electron chi connectivity index (χ1n) is 7.13. The van der Waals surface area contributed by atoms with Crippen LogP contribution in [0.15, 0.2) is 46.9 Å². The molecule has 0 spiro atoms. The van der Waals surface area contributed by atoms with Gasteiger partial charge in [-0.15, -0.1) is 0 Å². The van der Waals surface area contributed by atoms with Crippen LogP contribution in [0.2, 0.25) is 5.02 Å². The van der Waals surface area contributed by atoms with Crippen molar-refractivity contribution >= 4 is 27.5 Å². The molecule has 2 aromatic carbocycles. The lowest BCUT2D eigenvalue weighted by Crippen LogP contribution is -2.51. The van der Waals surface area contributed by atoms with E-state index in [4.69, 9.17) is 21.1 Å². The molecule has 0 saturated carbocycles. The zero-order valence-corrected chi connectivity index (χ0v) is 14.6. The van der Waals surface area contributed by atoms with E-state index in [1.54, 1.807) is 0 Å². The first kappa shape index (κ1) is 15.7. The fraction of sp³-hybridized carbons (Fsp3) is 0.294. The average molecular weight is 383 g/mol. The summed E-state index contributed by atoms with van der Waals surface area (Å²) in [5, 5.41) is 0.711. The monoisotopic (exact) mass is 381 g/mol. The van der Waals surface area contributed by atoms with Crippen LogP contribution in [0.1, 0.15) is 5.56 Å². The van der Waals surface area contributed by atoms with Crippen molar-refractivity contribution in [3.63, 3.8) is 0 Å². The summed E-state index contributed by atoms with van der Waals surface area (Å²) >= 11 is 9.64. The molecule has 0 N–H and O–H groups in total. The van der Waals surface area contributed by atoms with Crippen LogP contribution >= 0.6 is 27.5 Å². The molecule has 1 fully saturated rings. The summed E-state index contributed by atoms with van der Waals surface area (Å²) in [7, 11) is 2.08. The van der Waals surface area contributed by atoms with Gasteiger partial charge in [-0.3, -0.25) is 4.90 Å². The van der Waals surface area contributed by atoms with Gasteiger partial charge in [0.05, 0.1) is 0 Å². The Balaban J connectivity index is 1.71. The Hall–Kier alpha value is -1.23. The molecule has 2 aromatic rings. The molecular formula is C17H17BrClNO2. The molecule has 0 aliphatic carbocycles. The van der Waals surface area contributed by atoms with Gasteiger partial charge in [0.2, 0.25) is 0 Å². The summed E-state index contributed by atoms with van der Waals surface area (Å²) in [4.78, 5) is 2.22. The lowest BCUT2D eigenvalue weighted by Gasteiger charge is -2.36. The van der Waals surface area contributed by atoms with E-state index in [-0.39, 0.29) is 6.10 Å². The zero-order chi connectivity index (χ0) is 15.5. The molecule has 1 aliphatic heterocycles. The Morgan fingerprint density at radius 1 is 1.18 bits per heavy atom. The van der Waals surface area contributed by atoms with Crippen LogP contribution in [0, 0.1) is 0 Å². The third kappa shape index (κ3) is 3.75. The fourth-order valence-electron chi connectivity index (χ4n) is 2.36. The molecule has 0 radical (unpaired) electrons. The fourth-order valence-corrected chi connectivity index (χ4v) is 2.89. The molecule has 0 amide bonds. The van der Waals surface area contributed by atoms with Gasteiger partial charge in [-0.1, -0.05) is 45.7 Å². The molecule has 116 valence electrons. The number of benzene rings is 2. The van der Waals surface area contributed by atoms with Crippen molar-refractivity contribution in [2.24, 2.45) is 0 Å². The van der Waals surface area contributed by atoms with E-state index in [2.05, 4.69) is 27.9 Å². The molecule has 3 nitrogen and oxygen atoms in total. The van der Waals surface area contributed by atoms with E-state index >= 15 is 0 Å². The molecular weight excluding hydrogens is 366 g/mol. The Morgan fingerprint density at radius 3 is 2.68 bits per heavy atom. The van der Waals surface area contributed by atoms with Crippen molar-refractivity contribution in [1.82, 2.24) is 4.90 Å². The maximum absolute atomic E-state index is 6.16. The van der Waals surface area contributed by atoms with Gasteiger partial charge in [-0.05, 0) is 31.3 Å². The number of halogens is 2. The quantitative estimate of drug-likeness (QED) is 0.766. The summed E-state index contributed by atoms with van der Waals surface area (Å²) in [5.41, 5.74) is 0.960. The van der Waals surface area contributed by atoms with E-state index in [0.29, 0.717) is 11.6 Å². The highest BCUT2D eigenvalue weighted by molar-refractivity contribution is 9.10. The summed E-state index contributed by atoms with van der Waals surface area (Å²) in [6, 6.07) is 13.5. The number of rotatable bonds is 5. The van der Waals surface area contributed by atoms with Crippen LogP contribution in [-0.2, 0) is 6.61 Å². The maximum atomic E-state index is 6.16. The normalized spacial score (nSPS) is 15.4. The van der Waals surface area contributed by atoms with Gasteiger partial charge in [0.15, 0.2) is 11.5 Å². The number of likely N-dealkylation sites (N-methyl/N-ethyl adjacent to an activating group) is 1. The lowest BCUT2D eigenvalue weighted by atomic mass is 10.2. The third-order valence-corrected chi connectivity index (χ3v) is 4.43. The Morgan fingerprint density at radius 2 is 1.95 bits per heavy atom. The number of ether oxygens (including phenoxy) is 2. The SMILES string of the molecule is CN1CC(Oc2cc(Br)ccc2OCc2ccccc2Cl)C1. The first-order chi connectivity index (χ1) is 10.6. The summed E-state index contributed by atoms with van der Waals surface area (Å²) in [6.45, 7) is 2.30. The van der Waals surface area contributed by atoms with Crippen molar-refractivity contribution < 1.29 is 9.47 Å². The van der Waals surface area contributed by atoms with Crippen LogP contribution in [0.5, 0.6) is 11.5 Å². The topological polar surface area (TPSA) is 21.7 Å². The minimum absolute atomic E-state index is 0.224. The van der Waals surface area contributed by atoms with Gasteiger partial charge in [-0.25, -0.2) is 0 Å². The highest BCUT2D eigenvalue weighted by Crippen LogP contribution is 2.33. The first-order valence-corrected chi connectivity index (χ1v) is 8.30. The van der Waals surface area contributed by atoms with Gasteiger partial charge in [-0.2, -0.15) is 0 Å². The van der Waals surface area contributed by atoms with Gasteiger partial charge >= 0.3 is 0 Å². The lowest BCUT2D eigenvalue weighted by molar-refractivity contribution is 0.0362. The Bertz CT molecular complexity index is 659. The minimum atomic E-state index is 0.224. The second-order valence-electron chi connectivity index (χ2n) is 5.43. The van der Waals surface area contributed by atoms with E-state index in [0.717, 1.165) is 34.6 Å². The third-order valence-electron chi connectivity index (χ3n) is 3.57. The smallest absolute Gasteiger partial charge is 0.162 e. The predicted molar refractivity (Wildman–Crippen MR) is 91.8 cm³/mol. The number of likely N-dealkylation sites (tertiary alicyclic amines) is 1. The second-order valence-corrected chi connectivity index (χ2v) is 6.76. The molecule has 3 rings (SSSR count). The molecule has 1 heterocycles. The largest absolute Gasteiger partial charge is 0.485 e. The molecule has 0 unspecified atom stereocenters. The van der Waals surface area contributed by atoms with Crippen molar-refractivity contribution in [2.45, 2.75) is 12.7 Å². The van der Waals surface area contributed by atoms with Crippen LogP contribution < -0.4 is 9.47 Å². The molecule has 0 atom stereocenters. The summed E-state index contributed by atoms with van der Waals surface area (Å²) < 4.78 is 12.9. The zero-order valence-electron chi connectivity index (χ0n) is 12.3. The van der Waals surface area contributed by atoms with Crippen molar-refractivity contribution in [3.05, 3.63) is 57.5 Å². The predicted octanol–water partition coefficient (Wildman–Crippen LogP) is 4.37. The van der Waals surface area contributed by atoms with Crippen LogP contribution in [-0.4, -0.2) is 31.1 Å². The highest BCUT2D eigenvalue weighted by Gasteiger charge is 2.26. The van der Waals surface area contributed by atoms with Crippen molar-refractivity contribution in [2.75, 3.05) is 20.1 Å². The van der Waals surface area contributed by atoms with Gasteiger partial charge in [0.1, 0.15) is 12.7 Å². The average Bonchev–Trinajstić information content (AvgIpc) is 2.46. The van der Waals surface area contributed by atoms with Gasteiger partial charge in [0.25, 0.3) is 0 Å². The second kappa shape index (κ2) is 6.90. The highest BCUT2D eigenvalue weighted by atomic mass is 79.9. The van der Waals surface area contributed by atoms with Crippen molar-refractivity contribution in [3.8, 4) is 11.5 Å². The van der Waals surface area contributed by atoms with Crippen molar-refractivity contribution in [1.29, 1.82) is 0 Å². The molecule has 5 heteroatoms. The molecule has 1 aliphatic rings. The van der Waals surface area contributed by atoms with Gasteiger partial charge < -0.3 is 9.47 Å². The number of hydrogen-bond donors (Lipinski definition) is 0. The van der Waals surface area contributed by atoms with E-state index in [1.165, 1.54) is 0 Å². The summed E-state index contributed by atoms with van der Waals surface area (Å²) in [5.74, 6) is 1.50. The molecule has 0 aromatic heterocycles. The molecule has 1 saturated heterocycles. The molecule has 0 bridgehead atoms. The van der Waals surface area contributed by atoms with Crippen LogP contribution in [0.4, 0.5) is 0 Å². The van der Waals surface area contributed by atoms with E-state index in [9.17, 15) is 0 Å². The van der Waals surface area contributed by atoms with Gasteiger partial charge in [0, 0.05) is 28.1 Å². The minimum Gasteiger partial charge on any atom is -0.485 e. The van der Waals surface area contributed by atoms with Crippen LogP contribution in [0.25, 0.3) is 0 Å². The number of hydrogen-bond acceptors (Lipinski definition) is 3. The number of nitrogens with zero attached hydrogens (tertiary/aromatic N) is 1. The van der Waals surface area contributed by atoms with E-state index in [1.807, 2.05) is 42.5 Å². The Labute approximate surface area is 143 Å². The molecule has 22 heavy (non-hydrogen) atoms. The standard InChI is InChI=1S/C17H17BrClNO2/c1-20-9-14(10-20)22-17-8-13(18)6-7-16(17)21-11-12-4-2-3-5-15(12)19/h2-8,14H,9-11H2,1H3.